The smallest absolute Gasteiger partial charge is 0.326 e. The molecule has 0 spiro atoms. The van der Waals surface area contributed by atoms with Crippen molar-refractivity contribution in [1.82, 2.24) is 19.8 Å². The predicted octanol–water partition coefficient (Wildman–Crippen LogP) is 3.45. The number of aromatic amines is 1. The van der Waals surface area contributed by atoms with Crippen LogP contribution in [-0.2, 0) is 11.2 Å². The maximum absolute atomic E-state index is 12.4. The second kappa shape index (κ2) is 9.52. The summed E-state index contributed by atoms with van der Waals surface area (Å²) in [5.41, 5.74) is 4.39. The zero-order valence-corrected chi connectivity index (χ0v) is 18.4. The third-order valence-corrected chi connectivity index (χ3v) is 6.30. The fraction of sp³-hybridized carbons (Fsp3) is 0.440. The topological polar surface area (TPSA) is 70.1 Å². The van der Waals surface area contributed by atoms with E-state index >= 15 is 0 Å². The number of rotatable bonds is 7. The molecule has 0 radical (unpaired) electrons. The van der Waals surface area contributed by atoms with Crippen LogP contribution >= 0.6 is 0 Å². The molecule has 1 amide bonds. The highest BCUT2D eigenvalue weighted by Crippen LogP contribution is 2.24. The van der Waals surface area contributed by atoms with Gasteiger partial charge in [0.1, 0.15) is 0 Å². The molecule has 31 heavy (non-hydrogen) atoms. The number of hydrogen-bond acceptors (Lipinski definition) is 3. The number of amides is 1. The Balaban J connectivity index is 1.23. The molecule has 2 aromatic carbocycles. The third-order valence-electron chi connectivity index (χ3n) is 6.30. The Bertz CT molecular complexity index is 1070. The molecule has 0 saturated carbocycles. The molecule has 2 N–H and O–H groups in total. The maximum Gasteiger partial charge on any atom is 0.326 e. The van der Waals surface area contributed by atoms with Gasteiger partial charge in [-0.2, -0.15) is 0 Å². The van der Waals surface area contributed by atoms with Gasteiger partial charge in [-0.1, -0.05) is 50.2 Å². The SMILES string of the molecule is CC(C)c1ccc(CCNC(=O)CN2CCC(n3c(=O)[nH]c4ccccc43)CC2)cc1. The Morgan fingerprint density at radius 3 is 2.52 bits per heavy atom. The largest absolute Gasteiger partial charge is 0.355 e. The Morgan fingerprint density at radius 1 is 1.10 bits per heavy atom. The highest BCUT2D eigenvalue weighted by Gasteiger charge is 2.24. The van der Waals surface area contributed by atoms with Gasteiger partial charge in [-0.3, -0.25) is 14.3 Å². The molecule has 2 heterocycles. The number of imidazole rings is 1. The number of hydrogen-bond donors (Lipinski definition) is 2. The number of aromatic nitrogens is 2. The number of likely N-dealkylation sites (tertiary alicyclic amines) is 1. The van der Waals surface area contributed by atoms with Crippen molar-refractivity contribution in [3.05, 3.63) is 70.1 Å². The van der Waals surface area contributed by atoms with E-state index in [4.69, 9.17) is 0 Å². The van der Waals surface area contributed by atoms with E-state index in [1.54, 1.807) is 0 Å². The van der Waals surface area contributed by atoms with Gasteiger partial charge in [-0.05, 0) is 48.4 Å². The van der Waals surface area contributed by atoms with Crippen molar-refractivity contribution in [3.63, 3.8) is 0 Å². The Hall–Kier alpha value is -2.86. The number of H-pyrrole nitrogens is 1. The normalized spacial score (nSPS) is 15.6. The summed E-state index contributed by atoms with van der Waals surface area (Å²) in [6.45, 7) is 7.10. The first-order valence-corrected chi connectivity index (χ1v) is 11.3. The van der Waals surface area contributed by atoms with E-state index in [9.17, 15) is 9.59 Å². The lowest BCUT2D eigenvalue weighted by molar-refractivity contribution is -0.122. The molecule has 6 nitrogen and oxygen atoms in total. The van der Waals surface area contributed by atoms with E-state index in [0.29, 0.717) is 19.0 Å². The van der Waals surface area contributed by atoms with Crippen LogP contribution in [0.15, 0.2) is 53.3 Å². The van der Waals surface area contributed by atoms with E-state index in [0.717, 1.165) is 43.4 Å². The second-order valence-electron chi connectivity index (χ2n) is 8.82. The lowest BCUT2D eigenvalue weighted by atomic mass is 10.0. The van der Waals surface area contributed by atoms with Crippen LogP contribution in [0.3, 0.4) is 0 Å². The highest BCUT2D eigenvalue weighted by atomic mass is 16.2. The van der Waals surface area contributed by atoms with Crippen LogP contribution in [0.25, 0.3) is 11.0 Å². The summed E-state index contributed by atoms with van der Waals surface area (Å²) >= 11 is 0. The molecule has 0 aliphatic carbocycles. The molecule has 164 valence electrons. The molecule has 0 unspecified atom stereocenters. The minimum Gasteiger partial charge on any atom is -0.355 e. The van der Waals surface area contributed by atoms with Crippen molar-refractivity contribution in [3.8, 4) is 0 Å². The van der Waals surface area contributed by atoms with E-state index in [1.807, 2.05) is 28.8 Å². The van der Waals surface area contributed by atoms with Gasteiger partial charge in [-0.15, -0.1) is 0 Å². The lowest BCUT2D eigenvalue weighted by Gasteiger charge is -2.32. The molecule has 0 bridgehead atoms. The van der Waals surface area contributed by atoms with Gasteiger partial charge in [0, 0.05) is 25.7 Å². The van der Waals surface area contributed by atoms with Crippen molar-refractivity contribution >= 4 is 16.9 Å². The monoisotopic (exact) mass is 420 g/mol. The first-order valence-electron chi connectivity index (χ1n) is 11.3. The highest BCUT2D eigenvalue weighted by molar-refractivity contribution is 5.78. The molecule has 1 aliphatic heterocycles. The average molecular weight is 421 g/mol. The molecule has 1 aromatic heterocycles. The maximum atomic E-state index is 12.4. The Morgan fingerprint density at radius 2 is 1.81 bits per heavy atom. The number of benzene rings is 2. The van der Waals surface area contributed by atoms with Gasteiger partial charge >= 0.3 is 5.69 Å². The lowest BCUT2D eigenvalue weighted by Crippen LogP contribution is -2.43. The number of piperidine rings is 1. The number of para-hydroxylation sites is 2. The summed E-state index contributed by atoms with van der Waals surface area (Å²) < 4.78 is 1.89. The number of carbonyl (C=O) groups excluding carboxylic acids is 1. The summed E-state index contributed by atoms with van der Waals surface area (Å²) in [7, 11) is 0. The van der Waals surface area contributed by atoms with Crippen LogP contribution in [0.4, 0.5) is 0 Å². The number of nitrogens with one attached hydrogen (secondary N) is 2. The van der Waals surface area contributed by atoms with Gasteiger partial charge in [-0.25, -0.2) is 4.79 Å². The molecule has 1 saturated heterocycles. The zero-order chi connectivity index (χ0) is 21.8. The molecule has 6 heteroatoms. The molecular formula is C25H32N4O2. The standard InChI is InChI=1S/C25H32N4O2/c1-18(2)20-9-7-19(8-10-20)11-14-26-24(30)17-28-15-12-21(13-16-28)29-23-6-4-3-5-22(23)27-25(29)31/h3-10,18,21H,11-17H2,1-2H3,(H,26,30)(H,27,31). The van der Waals surface area contributed by atoms with Crippen molar-refractivity contribution in [2.75, 3.05) is 26.2 Å². The second-order valence-corrected chi connectivity index (χ2v) is 8.82. The van der Waals surface area contributed by atoms with Crippen molar-refractivity contribution < 1.29 is 4.79 Å². The molecule has 1 aliphatic rings. The number of carbonyl (C=O) groups is 1. The van der Waals surface area contributed by atoms with E-state index in [-0.39, 0.29) is 17.6 Å². The van der Waals surface area contributed by atoms with E-state index in [1.165, 1.54) is 11.1 Å². The first kappa shape index (κ1) is 21.4. The van der Waals surface area contributed by atoms with Gasteiger partial charge in [0.05, 0.1) is 17.6 Å². The minimum atomic E-state index is -0.0428. The molecule has 3 aromatic rings. The average Bonchev–Trinajstić information content (AvgIpc) is 3.10. The minimum absolute atomic E-state index is 0.0428. The van der Waals surface area contributed by atoms with Gasteiger partial charge in [0.15, 0.2) is 0 Å². The quantitative estimate of drug-likeness (QED) is 0.615. The summed E-state index contributed by atoms with van der Waals surface area (Å²) in [5, 5.41) is 3.05. The fourth-order valence-corrected chi connectivity index (χ4v) is 4.45. The van der Waals surface area contributed by atoms with E-state index < -0.39 is 0 Å². The zero-order valence-electron chi connectivity index (χ0n) is 18.4. The van der Waals surface area contributed by atoms with Crippen molar-refractivity contribution in [1.29, 1.82) is 0 Å². The van der Waals surface area contributed by atoms with Crippen LogP contribution in [0.2, 0.25) is 0 Å². The fourth-order valence-electron chi connectivity index (χ4n) is 4.45. The summed E-state index contributed by atoms with van der Waals surface area (Å²) in [6, 6.07) is 16.6. The number of nitrogens with zero attached hydrogens (tertiary/aromatic N) is 2. The molecule has 4 rings (SSSR count). The molecule has 0 atom stereocenters. The van der Waals surface area contributed by atoms with Crippen molar-refractivity contribution in [2.45, 2.75) is 45.1 Å². The summed E-state index contributed by atoms with van der Waals surface area (Å²) in [4.78, 5) is 29.9. The number of fused-ring (bicyclic) bond motifs is 1. The van der Waals surface area contributed by atoms with Gasteiger partial charge in [0.2, 0.25) is 5.91 Å². The van der Waals surface area contributed by atoms with Crippen molar-refractivity contribution in [2.24, 2.45) is 0 Å². The third kappa shape index (κ3) is 5.07. The van der Waals surface area contributed by atoms with Gasteiger partial charge in [0.25, 0.3) is 0 Å². The molecule has 1 fully saturated rings. The summed E-state index contributed by atoms with van der Waals surface area (Å²) in [5.74, 6) is 0.606. The van der Waals surface area contributed by atoms with E-state index in [2.05, 4.69) is 53.3 Å². The van der Waals surface area contributed by atoms with Crippen LogP contribution in [-0.4, -0.2) is 46.5 Å². The van der Waals surface area contributed by atoms with Gasteiger partial charge < -0.3 is 10.3 Å². The Kier molecular flexibility index (Phi) is 6.56. The molecular weight excluding hydrogens is 388 g/mol. The van der Waals surface area contributed by atoms with Crippen LogP contribution in [0.1, 0.15) is 49.8 Å². The van der Waals surface area contributed by atoms with Crippen LogP contribution in [0.5, 0.6) is 0 Å². The summed E-state index contributed by atoms with van der Waals surface area (Å²) in [6.07, 6.45) is 2.59. The Labute approximate surface area is 183 Å². The first-order chi connectivity index (χ1) is 15.0. The predicted molar refractivity (Wildman–Crippen MR) is 125 cm³/mol. The van der Waals surface area contributed by atoms with Crippen LogP contribution < -0.4 is 11.0 Å². The van der Waals surface area contributed by atoms with Crippen LogP contribution in [0, 0.1) is 0 Å².